The Bertz CT molecular complexity index is 342. The van der Waals surface area contributed by atoms with E-state index in [-0.39, 0.29) is 6.54 Å². The van der Waals surface area contributed by atoms with Gasteiger partial charge in [-0.1, -0.05) is 18.2 Å². The number of aliphatic carboxylic acids is 1. The number of ether oxygens (including phenoxy) is 2. The Labute approximate surface area is 107 Å². The molecule has 0 atom stereocenters. The maximum Gasteiger partial charge on any atom is 0.323 e. The minimum absolute atomic E-state index is 0.0301. The number of carboxylic acid groups (broad SMARTS) is 1. The van der Waals surface area contributed by atoms with Gasteiger partial charge in [-0.25, -0.2) is 0 Å². The third-order valence-electron chi connectivity index (χ3n) is 2.38. The number of nitrogens with zero attached hydrogens (tertiary/aromatic N) is 1. The Morgan fingerprint density at radius 3 is 2.56 bits per heavy atom. The zero-order valence-corrected chi connectivity index (χ0v) is 10.5. The Balaban J connectivity index is 2.44. The van der Waals surface area contributed by atoms with Crippen molar-refractivity contribution in [1.29, 1.82) is 0 Å². The van der Waals surface area contributed by atoms with Crippen molar-refractivity contribution in [2.45, 2.75) is 0 Å². The number of para-hydroxylation sites is 1. The highest BCUT2D eigenvalue weighted by molar-refractivity contribution is 5.73. The van der Waals surface area contributed by atoms with Crippen molar-refractivity contribution in [1.82, 2.24) is 0 Å². The summed E-state index contributed by atoms with van der Waals surface area (Å²) in [5.74, 6) is -0.851. The van der Waals surface area contributed by atoms with Gasteiger partial charge < -0.3 is 19.5 Å². The van der Waals surface area contributed by atoms with Crippen molar-refractivity contribution >= 4 is 11.7 Å². The van der Waals surface area contributed by atoms with Gasteiger partial charge in [0.25, 0.3) is 0 Å². The third-order valence-corrected chi connectivity index (χ3v) is 2.38. The first-order valence-electron chi connectivity index (χ1n) is 5.82. The van der Waals surface area contributed by atoms with Crippen LogP contribution in [0.3, 0.4) is 0 Å². The van der Waals surface area contributed by atoms with Crippen LogP contribution >= 0.6 is 0 Å². The van der Waals surface area contributed by atoms with Crippen LogP contribution in [0.15, 0.2) is 30.3 Å². The molecule has 1 aromatic rings. The molecule has 0 aliphatic rings. The highest BCUT2D eigenvalue weighted by Gasteiger charge is 2.09. The second-order valence-electron chi connectivity index (χ2n) is 3.76. The van der Waals surface area contributed by atoms with Gasteiger partial charge in [0.05, 0.1) is 19.8 Å². The highest BCUT2D eigenvalue weighted by atomic mass is 16.5. The molecule has 1 N–H and O–H groups in total. The number of anilines is 1. The number of hydrogen-bond acceptors (Lipinski definition) is 4. The predicted octanol–water partition coefficient (Wildman–Crippen LogP) is 1.24. The lowest BCUT2D eigenvalue weighted by Gasteiger charge is -2.22. The summed E-state index contributed by atoms with van der Waals surface area (Å²) in [6, 6.07) is 9.44. The second-order valence-corrected chi connectivity index (χ2v) is 3.76. The molecule has 0 unspecified atom stereocenters. The van der Waals surface area contributed by atoms with E-state index in [0.717, 1.165) is 5.69 Å². The summed E-state index contributed by atoms with van der Waals surface area (Å²) < 4.78 is 10.2. The summed E-state index contributed by atoms with van der Waals surface area (Å²) in [5, 5.41) is 8.88. The van der Waals surface area contributed by atoms with E-state index in [9.17, 15) is 4.79 Å². The van der Waals surface area contributed by atoms with Crippen LogP contribution < -0.4 is 4.90 Å². The van der Waals surface area contributed by atoms with E-state index in [1.165, 1.54) is 0 Å². The van der Waals surface area contributed by atoms with Gasteiger partial charge in [0.15, 0.2) is 0 Å². The van der Waals surface area contributed by atoms with Crippen LogP contribution in [0.2, 0.25) is 0 Å². The monoisotopic (exact) mass is 253 g/mol. The fraction of sp³-hybridized carbons (Fsp3) is 0.462. The number of methoxy groups -OCH3 is 1. The molecule has 0 aliphatic heterocycles. The summed E-state index contributed by atoms with van der Waals surface area (Å²) in [4.78, 5) is 12.6. The van der Waals surface area contributed by atoms with Crippen LogP contribution in [0.1, 0.15) is 0 Å². The standard InChI is InChI=1S/C13H19NO4/c1-17-9-10-18-8-7-14(11-13(15)16)12-5-3-2-4-6-12/h2-6H,7-11H2,1H3,(H,15,16). The topological polar surface area (TPSA) is 59.0 Å². The minimum Gasteiger partial charge on any atom is -0.480 e. The largest absolute Gasteiger partial charge is 0.480 e. The molecule has 0 amide bonds. The normalized spacial score (nSPS) is 10.3. The molecule has 0 heterocycles. The van der Waals surface area contributed by atoms with Crippen molar-refractivity contribution in [2.75, 3.05) is 44.9 Å². The maximum atomic E-state index is 10.8. The molecule has 100 valence electrons. The van der Waals surface area contributed by atoms with E-state index < -0.39 is 5.97 Å². The van der Waals surface area contributed by atoms with Crippen molar-refractivity contribution in [2.24, 2.45) is 0 Å². The average Bonchev–Trinajstić information content (AvgIpc) is 2.38. The Morgan fingerprint density at radius 1 is 1.22 bits per heavy atom. The van der Waals surface area contributed by atoms with E-state index in [2.05, 4.69) is 0 Å². The van der Waals surface area contributed by atoms with Crippen LogP contribution in [0.5, 0.6) is 0 Å². The van der Waals surface area contributed by atoms with Crippen LogP contribution in [0.25, 0.3) is 0 Å². The van der Waals surface area contributed by atoms with E-state index in [1.807, 2.05) is 30.3 Å². The molecule has 0 bridgehead atoms. The number of benzene rings is 1. The smallest absolute Gasteiger partial charge is 0.323 e. The molecular formula is C13H19NO4. The second kappa shape index (κ2) is 8.49. The molecule has 0 spiro atoms. The first-order valence-corrected chi connectivity index (χ1v) is 5.82. The summed E-state index contributed by atoms with van der Waals surface area (Å²) in [6.45, 7) is 2.06. The molecule has 0 saturated heterocycles. The number of rotatable bonds is 9. The molecule has 5 heteroatoms. The van der Waals surface area contributed by atoms with Gasteiger partial charge >= 0.3 is 5.97 Å². The van der Waals surface area contributed by atoms with Gasteiger partial charge in [0.2, 0.25) is 0 Å². The molecule has 0 aliphatic carbocycles. The van der Waals surface area contributed by atoms with Crippen molar-refractivity contribution < 1.29 is 19.4 Å². The molecule has 5 nitrogen and oxygen atoms in total. The first-order chi connectivity index (χ1) is 8.74. The predicted molar refractivity (Wildman–Crippen MR) is 69.0 cm³/mol. The fourth-order valence-electron chi connectivity index (χ4n) is 1.52. The van der Waals surface area contributed by atoms with E-state index in [4.69, 9.17) is 14.6 Å². The van der Waals surface area contributed by atoms with Gasteiger partial charge in [0.1, 0.15) is 6.54 Å². The molecular weight excluding hydrogens is 234 g/mol. The molecule has 0 radical (unpaired) electrons. The lowest BCUT2D eigenvalue weighted by atomic mass is 10.3. The fourth-order valence-corrected chi connectivity index (χ4v) is 1.52. The van der Waals surface area contributed by atoms with Gasteiger partial charge in [-0.2, -0.15) is 0 Å². The molecule has 0 saturated carbocycles. The average molecular weight is 253 g/mol. The van der Waals surface area contributed by atoms with Crippen molar-refractivity contribution in [3.05, 3.63) is 30.3 Å². The summed E-state index contributed by atoms with van der Waals surface area (Å²) in [6.07, 6.45) is 0. The molecule has 0 aromatic heterocycles. The molecule has 1 aromatic carbocycles. The zero-order valence-electron chi connectivity index (χ0n) is 10.5. The maximum absolute atomic E-state index is 10.8. The highest BCUT2D eigenvalue weighted by Crippen LogP contribution is 2.12. The summed E-state index contributed by atoms with van der Waals surface area (Å²) in [7, 11) is 1.62. The molecule has 0 fully saturated rings. The summed E-state index contributed by atoms with van der Waals surface area (Å²) >= 11 is 0. The van der Waals surface area contributed by atoms with Crippen LogP contribution in [-0.2, 0) is 14.3 Å². The van der Waals surface area contributed by atoms with Gasteiger partial charge in [-0.15, -0.1) is 0 Å². The lowest BCUT2D eigenvalue weighted by Crippen LogP contribution is -2.33. The Morgan fingerprint density at radius 2 is 1.94 bits per heavy atom. The van der Waals surface area contributed by atoms with Crippen LogP contribution in [-0.4, -0.2) is 51.1 Å². The summed E-state index contributed by atoms with van der Waals surface area (Å²) in [5.41, 5.74) is 0.884. The Hall–Kier alpha value is -1.59. The molecule has 18 heavy (non-hydrogen) atoms. The van der Waals surface area contributed by atoms with Crippen LogP contribution in [0, 0.1) is 0 Å². The van der Waals surface area contributed by atoms with Gasteiger partial charge in [-0.3, -0.25) is 4.79 Å². The van der Waals surface area contributed by atoms with Crippen molar-refractivity contribution in [3.63, 3.8) is 0 Å². The number of hydrogen-bond donors (Lipinski definition) is 1. The SMILES string of the molecule is COCCOCCN(CC(=O)O)c1ccccc1. The van der Waals surface area contributed by atoms with Gasteiger partial charge in [0, 0.05) is 19.3 Å². The quantitative estimate of drug-likeness (QED) is 0.671. The zero-order chi connectivity index (χ0) is 13.2. The Kier molecular flexibility index (Phi) is 6.83. The molecule has 1 rings (SSSR count). The van der Waals surface area contributed by atoms with E-state index in [1.54, 1.807) is 12.0 Å². The van der Waals surface area contributed by atoms with Crippen molar-refractivity contribution in [3.8, 4) is 0 Å². The minimum atomic E-state index is -0.851. The number of carboxylic acids is 1. The third kappa shape index (κ3) is 5.65. The van der Waals surface area contributed by atoms with E-state index >= 15 is 0 Å². The van der Waals surface area contributed by atoms with E-state index in [0.29, 0.717) is 26.4 Å². The number of carbonyl (C=O) groups is 1. The lowest BCUT2D eigenvalue weighted by molar-refractivity contribution is -0.135. The van der Waals surface area contributed by atoms with Gasteiger partial charge in [-0.05, 0) is 12.1 Å². The first kappa shape index (κ1) is 14.5. The van der Waals surface area contributed by atoms with Crippen LogP contribution in [0.4, 0.5) is 5.69 Å².